The van der Waals surface area contributed by atoms with Gasteiger partial charge in [0.25, 0.3) is 0 Å². The van der Waals surface area contributed by atoms with Crippen LogP contribution in [0.4, 0.5) is 0 Å². The monoisotopic (exact) mass is 376 g/mol. The van der Waals surface area contributed by atoms with Crippen molar-refractivity contribution in [3.8, 4) is 0 Å². The van der Waals surface area contributed by atoms with Gasteiger partial charge in [0.15, 0.2) is 0 Å². The van der Waals surface area contributed by atoms with E-state index in [4.69, 9.17) is 5.11 Å². The van der Waals surface area contributed by atoms with Crippen LogP contribution in [0.25, 0.3) is 0 Å². The summed E-state index contributed by atoms with van der Waals surface area (Å²) in [6.07, 6.45) is 33.7. The predicted molar refractivity (Wildman–Crippen MR) is 119 cm³/mol. The molecule has 0 aliphatic heterocycles. The highest BCUT2D eigenvalue weighted by Crippen LogP contribution is 2.09. The molecule has 0 heterocycles. The van der Waals surface area contributed by atoms with E-state index in [0.717, 1.165) is 25.7 Å². The van der Waals surface area contributed by atoms with Crippen LogP contribution < -0.4 is 0 Å². The Hall–Kier alpha value is -1.31. The summed E-state index contributed by atoms with van der Waals surface area (Å²) in [7, 11) is 0. The summed E-state index contributed by atoms with van der Waals surface area (Å²) in [5.41, 5.74) is 0. The molecule has 0 amide bonds. The average molecular weight is 377 g/mol. The zero-order valence-electron chi connectivity index (χ0n) is 17.8. The van der Waals surface area contributed by atoms with E-state index in [2.05, 4.69) is 43.4 Å². The SMILES string of the molecule is CCCCCCCC=CCCCCCCC=CCCC=CCCCC(=O)O. The van der Waals surface area contributed by atoms with E-state index >= 15 is 0 Å². The van der Waals surface area contributed by atoms with Crippen LogP contribution in [0.5, 0.6) is 0 Å². The summed E-state index contributed by atoms with van der Waals surface area (Å²) in [6.45, 7) is 2.27. The van der Waals surface area contributed by atoms with E-state index in [9.17, 15) is 4.79 Å². The maximum absolute atomic E-state index is 10.4. The highest BCUT2D eigenvalue weighted by Gasteiger charge is 1.93. The molecule has 0 aromatic carbocycles. The van der Waals surface area contributed by atoms with Crippen LogP contribution in [0.2, 0.25) is 0 Å². The van der Waals surface area contributed by atoms with Crippen LogP contribution in [-0.4, -0.2) is 11.1 Å². The van der Waals surface area contributed by atoms with Crippen molar-refractivity contribution in [2.75, 3.05) is 0 Å². The summed E-state index contributed by atoms with van der Waals surface area (Å²) >= 11 is 0. The van der Waals surface area contributed by atoms with E-state index in [1.54, 1.807) is 0 Å². The first-order valence-corrected chi connectivity index (χ1v) is 11.4. The molecule has 0 aliphatic carbocycles. The molecule has 0 bridgehead atoms. The minimum absolute atomic E-state index is 0.277. The molecule has 0 aromatic rings. The maximum Gasteiger partial charge on any atom is 0.303 e. The summed E-state index contributed by atoms with van der Waals surface area (Å²) in [6, 6.07) is 0. The van der Waals surface area contributed by atoms with Crippen LogP contribution in [0.1, 0.15) is 116 Å². The van der Waals surface area contributed by atoms with Gasteiger partial charge in [-0.25, -0.2) is 0 Å². The minimum atomic E-state index is -0.698. The zero-order chi connectivity index (χ0) is 19.8. The summed E-state index contributed by atoms with van der Waals surface area (Å²) in [5, 5.41) is 8.54. The van der Waals surface area contributed by atoms with Crippen molar-refractivity contribution in [3.05, 3.63) is 36.5 Å². The topological polar surface area (TPSA) is 37.3 Å². The van der Waals surface area contributed by atoms with E-state index in [0.29, 0.717) is 0 Å². The van der Waals surface area contributed by atoms with E-state index in [1.807, 2.05) is 0 Å². The molecular formula is C25H44O2. The second-order valence-corrected chi connectivity index (χ2v) is 7.47. The van der Waals surface area contributed by atoms with Crippen molar-refractivity contribution in [1.29, 1.82) is 0 Å². The number of hydrogen-bond donors (Lipinski definition) is 1. The Balaban J connectivity index is 3.22. The first-order chi connectivity index (χ1) is 13.3. The van der Waals surface area contributed by atoms with Crippen LogP contribution in [0.3, 0.4) is 0 Å². The third-order valence-electron chi connectivity index (χ3n) is 4.73. The molecule has 0 saturated heterocycles. The van der Waals surface area contributed by atoms with Crippen LogP contribution in [0, 0.1) is 0 Å². The Kier molecular flexibility index (Phi) is 21.6. The lowest BCUT2D eigenvalue weighted by Crippen LogP contribution is -1.92. The second kappa shape index (κ2) is 22.7. The molecule has 0 fully saturated rings. The van der Waals surface area contributed by atoms with Crippen molar-refractivity contribution in [2.45, 2.75) is 116 Å². The molecule has 0 radical (unpaired) electrons. The van der Waals surface area contributed by atoms with Gasteiger partial charge in [-0.3, -0.25) is 4.79 Å². The molecule has 0 aromatic heterocycles. The molecule has 0 spiro atoms. The summed E-state index contributed by atoms with van der Waals surface area (Å²) < 4.78 is 0. The lowest BCUT2D eigenvalue weighted by molar-refractivity contribution is -0.137. The Bertz CT molecular complexity index is 393. The molecule has 0 saturated carbocycles. The number of hydrogen-bond acceptors (Lipinski definition) is 1. The lowest BCUT2D eigenvalue weighted by Gasteiger charge is -1.98. The maximum atomic E-state index is 10.4. The van der Waals surface area contributed by atoms with Crippen molar-refractivity contribution in [3.63, 3.8) is 0 Å². The second-order valence-electron chi connectivity index (χ2n) is 7.47. The fourth-order valence-electron chi connectivity index (χ4n) is 3.01. The molecule has 2 nitrogen and oxygen atoms in total. The van der Waals surface area contributed by atoms with Crippen molar-refractivity contribution >= 4 is 5.97 Å². The number of carboxylic acids is 1. The molecule has 27 heavy (non-hydrogen) atoms. The van der Waals surface area contributed by atoms with Crippen molar-refractivity contribution < 1.29 is 9.90 Å². The molecule has 0 atom stereocenters. The first-order valence-electron chi connectivity index (χ1n) is 11.4. The number of rotatable bonds is 20. The minimum Gasteiger partial charge on any atom is -0.481 e. The van der Waals surface area contributed by atoms with Gasteiger partial charge >= 0.3 is 5.97 Å². The molecule has 0 aliphatic rings. The molecule has 1 N–H and O–H groups in total. The van der Waals surface area contributed by atoms with Gasteiger partial charge in [0.1, 0.15) is 0 Å². The number of allylic oxidation sites excluding steroid dienone is 6. The lowest BCUT2D eigenvalue weighted by atomic mass is 10.1. The van der Waals surface area contributed by atoms with Crippen LogP contribution in [0.15, 0.2) is 36.5 Å². The third kappa shape index (κ3) is 24.7. The summed E-state index contributed by atoms with van der Waals surface area (Å²) in [4.78, 5) is 10.4. The van der Waals surface area contributed by atoms with Crippen LogP contribution in [-0.2, 0) is 4.79 Å². The Morgan fingerprint density at radius 2 is 0.926 bits per heavy atom. The fourth-order valence-corrected chi connectivity index (χ4v) is 3.01. The smallest absolute Gasteiger partial charge is 0.303 e. The van der Waals surface area contributed by atoms with E-state index in [1.165, 1.54) is 77.0 Å². The summed E-state index contributed by atoms with van der Waals surface area (Å²) in [5.74, 6) is -0.698. The van der Waals surface area contributed by atoms with Gasteiger partial charge in [-0.2, -0.15) is 0 Å². The van der Waals surface area contributed by atoms with E-state index in [-0.39, 0.29) is 6.42 Å². The van der Waals surface area contributed by atoms with E-state index < -0.39 is 5.97 Å². The van der Waals surface area contributed by atoms with Gasteiger partial charge in [0, 0.05) is 6.42 Å². The third-order valence-corrected chi connectivity index (χ3v) is 4.73. The van der Waals surface area contributed by atoms with Gasteiger partial charge < -0.3 is 5.11 Å². The van der Waals surface area contributed by atoms with Crippen molar-refractivity contribution in [2.24, 2.45) is 0 Å². The largest absolute Gasteiger partial charge is 0.481 e. The van der Waals surface area contributed by atoms with Gasteiger partial charge in [-0.05, 0) is 64.2 Å². The van der Waals surface area contributed by atoms with Gasteiger partial charge in [0.2, 0.25) is 0 Å². The predicted octanol–water partition coefficient (Wildman–Crippen LogP) is 8.39. The van der Waals surface area contributed by atoms with Gasteiger partial charge in [-0.15, -0.1) is 0 Å². The molecule has 2 heteroatoms. The standard InChI is InChI=1S/C25H44O2/c1-2-3-4-5-6-7-8-9-10-11-12-13-14-15-16-17-18-19-20-21-22-23-24-25(26)27/h8-9,16-17,20-21H,2-7,10-15,18-19,22-24H2,1H3,(H,26,27). The molecule has 156 valence electrons. The first kappa shape index (κ1) is 25.7. The Morgan fingerprint density at radius 3 is 1.33 bits per heavy atom. The number of unbranched alkanes of at least 4 members (excludes halogenated alkanes) is 12. The zero-order valence-corrected chi connectivity index (χ0v) is 17.8. The quantitative estimate of drug-likeness (QED) is 0.171. The number of carbonyl (C=O) groups is 1. The molecular weight excluding hydrogens is 332 g/mol. The van der Waals surface area contributed by atoms with Crippen molar-refractivity contribution in [1.82, 2.24) is 0 Å². The Labute approximate surface area is 168 Å². The average Bonchev–Trinajstić information content (AvgIpc) is 2.65. The number of carboxylic acid groups (broad SMARTS) is 1. The van der Waals surface area contributed by atoms with Crippen LogP contribution >= 0.6 is 0 Å². The molecule has 0 rings (SSSR count). The normalized spacial score (nSPS) is 12.0. The number of aliphatic carboxylic acids is 1. The highest BCUT2D eigenvalue weighted by molar-refractivity contribution is 5.66. The Morgan fingerprint density at radius 1 is 0.556 bits per heavy atom. The molecule has 0 unspecified atom stereocenters. The fraction of sp³-hybridized carbons (Fsp3) is 0.720. The van der Waals surface area contributed by atoms with Gasteiger partial charge in [0.05, 0.1) is 0 Å². The van der Waals surface area contributed by atoms with Gasteiger partial charge in [-0.1, -0.05) is 81.9 Å². The highest BCUT2D eigenvalue weighted by atomic mass is 16.4.